The second kappa shape index (κ2) is 5.33. The summed E-state index contributed by atoms with van der Waals surface area (Å²) in [5.74, 6) is 1.13. The maximum atomic E-state index is 4.79. The Labute approximate surface area is 115 Å². The minimum atomic E-state index is 0.758. The Bertz CT molecular complexity index is 489. The third kappa shape index (κ3) is 3.16. The van der Waals surface area contributed by atoms with Crippen molar-refractivity contribution in [2.45, 2.75) is 45.7 Å². The van der Waals surface area contributed by atoms with Gasteiger partial charge in [-0.25, -0.2) is 4.98 Å². The van der Waals surface area contributed by atoms with E-state index in [1.165, 1.54) is 24.0 Å². The lowest BCUT2D eigenvalue weighted by molar-refractivity contribution is 0.681. The van der Waals surface area contributed by atoms with Gasteiger partial charge in [-0.3, -0.25) is 0 Å². The molecule has 0 atom stereocenters. The summed E-state index contributed by atoms with van der Waals surface area (Å²) in [4.78, 5) is 7.16. The molecule has 0 amide bonds. The maximum Gasteiger partial charge on any atom is 0.129 e. The van der Waals surface area contributed by atoms with Crippen molar-refractivity contribution in [3.8, 4) is 0 Å². The number of aryl methyl sites for hydroxylation is 1. The van der Waals surface area contributed by atoms with Gasteiger partial charge in [-0.15, -0.1) is 0 Å². The number of pyridine rings is 1. The Morgan fingerprint density at radius 3 is 2.84 bits per heavy atom. The zero-order valence-corrected chi connectivity index (χ0v) is 11.9. The first-order chi connectivity index (χ1) is 9.22. The monoisotopic (exact) mass is 257 g/mol. The van der Waals surface area contributed by atoms with Crippen LogP contribution in [0.25, 0.3) is 0 Å². The van der Waals surface area contributed by atoms with Crippen molar-refractivity contribution in [1.82, 2.24) is 10.3 Å². The predicted octanol–water partition coefficient (Wildman–Crippen LogP) is 2.80. The SMILES string of the molecule is CC1=CCCN(c2ccc(CNC3CC3)c(C)n2)C1. The molecule has 0 aromatic carbocycles. The van der Waals surface area contributed by atoms with Gasteiger partial charge in [0, 0.05) is 31.4 Å². The molecule has 0 bridgehead atoms. The quantitative estimate of drug-likeness (QED) is 0.841. The molecule has 1 saturated carbocycles. The summed E-state index contributed by atoms with van der Waals surface area (Å²) in [7, 11) is 0. The zero-order valence-electron chi connectivity index (χ0n) is 11.9. The van der Waals surface area contributed by atoms with Crippen LogP contribution in [0.5, 0.6) is 0 Å². The molecule has 0 saturated heterocycles. The third-order valence-electron chi connectivity index (χ3n) is 4.00. The number of hydrogen-bond donors (Lipinski definition) is 1. The largest absolute Gasteiger partial charge is 0.352 e. The molecular formula is C16H23N3. The highest BCUT2D eigenvalue weighted by molar-refractivity contribution is 5.44. The van der Waals surface area contributed by atoms with Gasteiger partial charge in [-0.2, -0.15) is 0 Å². The van der Waals surface area contributed by atoms with Crippen molar-refractivity contribution in [2.75, 3.05) is 18.0 Å². The van der Waals surface area contributed by atoms with Crippen LogP contribution >= 0.6 is 0 Å². The number of anilines is 1. The molecule has 1 aliphatic carbocycles. The molecule has 0 spiro atoms. The number of nitrogens with one attached hydrogen (secondary N) is 1. The van der Waals surface area contributed by atoms with Crippen LogP contribution in [0.2, 0.25) is 0 Å². The fourth-order valence-electron chi connectivity index (χ4n) is 2.59. The Kier molecular flexibility index (Phi) is 3.56. The Morgan fingerprint density at radius 1 is 1.32 bits per heavy atom. The van der Waals surface area contributed by atoms with E-state index in [1.54, 1.807) is 0 Å². The molecule has 1 aliphatic heterocycles. The van der Waals surface area contributed by atoms with Gasteiger partial charge in [0.2, 0.25) is 0 Å². The standard InChI is InChI=1S/C16H23N3/c1-12-4-3-9-19(11-12)16-8-5-14(13(2)18-16)10-17-15-6-7-15/h4-5,8,15,17H,3,6-7,9-11H2,1-2H3. The fourth-order valence-corrected chi connectivity index (χ4v) is 2.59. The summed E-state index contributed by atoms with van der Waals surface area (Å²) in [6.07, 6.45) is 6.14. The molecule has 1 N–H and O–H groups in total. The van der Waals surface area contributed by atoms with Crippen molar-refractivity contribution < 1.29 is 0 Å². The van der Waals surface area contributed by atoms with Crippen molar-refractivity contribution in [2.24, 2.45) is 0 Å². The summed E-state index contributed by atoms with van der Waals surface area (Å²) < 4.78 is 0. The molecule has 0 unspecified atom stereocenters. The van der Waals surface area contributed by atoms with Gasteiger partial charge in [-0.05, 0) is 44.7 Å². The highest BCUT2D eigenvalue weighted by Crippen LogP contribution is 2.22. The second-order valence-corrected chi connectivity index (χ2v) is 5.83. The van der Waals surface area contributed by atoms with E-state index in [0.717, 1.165) is 43.6 Å². The van der Waals surface area contributed by atoms with E-state index in [9.17, 15) is 0 Å². The van der Waals surface area contributed by atoms with Crippen molar-refractivity contribution >= 4 is 5.82 Å². The average Bonchev–Trinajstić information content (AvgIpc) is 3.21. The second-order valence-electron chi connectivity index (χ2n) is 5.83. The molecule has 0 radical (unpaired) electrons. The van der Waals surface area contributed by atoms with Gasteiger partial charge in [-0.1, -0.05) is 17.7 Å². The summed E-state index contributed by atoms with van der Waals surface area (Å²) in [6.45, 7) is 7.39. The highest BCUT2D eigenvalue weighted by atomic mass is 15.2. The third-order valence-corrected chi connectivity index (χ3v) is 4.00. The van der Waals surface area contributed by atoms with Gasteiger partial charge in [0.1, 0.15) is 5.82 Å². The van der Waals surface area contributed by atoms with Crippen LogP contribution in [0.1, 0.15) is 37.4 Å². The molecule has 2 heterocycles. The first-order valence-corrected chi connectivity index (χ1v) is 7.33. The van der Waals surface area contributed by atoms with Crippen LogP contribution in [0.15, 0.2) is 23.8 Å². The molecule has 1 fully saturated rings. The highest BCUT2D eigenvalue weighted by Gasteiger charge is 2.20. The van der Waals surface area contributed by atoms with Gasteiger partial charge < -0.3 is 10.2 Å². The minimum Gasteiger partial charge on any atom is -0.352 e. The molecule has 102 valence electrons. The van der Waals surface area contributed by atoms with Crippen molar-refractivity contribution in [3.63, 3.8) is 0 Å². The lowest BCUT2D eigenvalue weighted by Gasteiger charge is -2.27. The van der Waals surface area contributed by atoms with Crippen LogP contribution in [-0.4, -0.2) is 24.1 Å². The van der Waals surface area contributed by atoms with Crippen LogP contribution < -0.4 is 10.2 Å². The smallest absolute Gasteiger partial charge is 0.129 e. The van der Waals surface area contributed by atoms with E-state index in [1.807, 2.05) is 0 Å². The molecule has 3 heteroatoms. The van der Waals surface area contributed by atoms with E-state index < -0.39 is 0 Å². The Morgan fingerprint density at radius 2 is 2.16 bits per heavy atom. The number of nitrogens with zero attached hydrogens (tertiary/aromatic N) is 2. The maximum absolute atomic E-state index is 4.79. The van der Waals surface area contributed by atoms with Gasteiger partial charge in [0.15, 0.2) is 0 Å². The van der Waals surface area contributed by atoms with Crippen LogP contribution in [-0.2, 0) is 6.54 Å². The molecule has 19 heavy (non-hydrogen) atoms. The zero-order chi connectivity index (χ0) is 13.2. The predicted molar refractivity (Wildman–Crippen MR) is 79.4 cm³/mol. The molecule has 3 rings (SSSR count). The molecule has 2 aliphatic rings. The summed E-state index contributed by atoms with van der Waals surface area (Å²) >= 11 is 0. The van der Waals surface area contributed by atoms with E-state index in [-0.39, 0.29) is 0 Å². The average molecular weight is 257 g/mol. The molecule has 1 aromatic heterocycles. The number of rotatable bonds is 4. The van der Waals surface area contributed by atoms with Crippen LogP contribution in [0, 0.1) is 6.92 Å². The van der Waals surface area contributed by atoms with E-state index in [0.29, 0.717) is 0 Å². The Hall–Kier alpha value is -1.35. The topological polar surface area (TPSA) is 28.2 Å². The van der Waals surface area contributed by atoms with Gasteiger partial charge in [0.25, 0.3) is 0 Å². The van der Waals surface area contributed by atoms with Crippen LogP contribution in [0.4, 0.5) is 5.82 Å². The van der Waals surface area contributed by atoms with Crippen LogP contribution in [0.3, 0.4) is 0 Å². The number of hydrogen-bond acceptors (Lipinski definition) is 3. The van der Waals surface area contributed by atoms with Gasteiger partial charge >= 0.3 is 0 Å². The minimum absolute atomic E-state index is 0.758. The lowest BCUT2D eigenvalue weighted by Crippen LogP contribution is -2.30. The summed E-state index contributed by atoms with van der Waals surface area (Å²) in [5.41, 5.74) is 3.95. The van der Waals surface area contributed by atoms with E-state index in [2.05, 4.69) is 42.3 Å². The van der Waals surface area contributed by atoms with E-state index in [4.69, 9.17) is 4.98 Å². The van der Waals surface area contributed by atoms with Crippen molar-refractivity contribution in [3.05, 3.63) is 35.0 Å². The van der Waals surface area contributed by atoms with Gasteiger partial charge in [0.05, 0.1) is 0 Å². The lowest BCUT2D eigenvalue weighted by atomic mass is 10.1. The Balaban J connectivity index is 1.69. The first-order valence-electron chi connectivity index (χ1n) is 7.33. The number of aromatic nitrogens is 1. The van der Waals surface area contributed by atoms with Crippen molar-refractivity contribution in [1.29, 1.82) is 0 Å². The molecule has 3 nitrogen and oxygen atoms in total. The summed E-state index contributed by atoms with van der Waals surface area (Å²) in [6, 6.07) is 5.17. The molecular weight excluding hydrogens is 234 g/mol. The van der Waals surface area contributed by atoms with E-state index >= 15 is 0 Å². The first kappa shape index (κ1) is 12.7. The fraction of sp³-hybridized carbons (Fsp3) is 0.562. The normalized spacial score (nSPS) is 19.5. The summed E-state index contributed by atoms with van der Waals surface area (Å²) in [5, 5.41) is 3.56. The molecule has 1 aromatic rings.